The Morgan fingerprint density at radius 3 is 2.32 bits per heavy atom. The van der Waals surface area contributed by atoms with Gasteiger partial charge in [-0.05, 0) is 17.7 Å². The van der Waals surface area contributed by atoms with Crippen molar-refractivity contribution < 1.29 is 9.90 Å². The summed E-state index contributed by atoms with van der Waals surface area (Å²) in [5.41, 5.74) is 1.28. The molecule has 5 nitrogen and oxygen atoms in total. The standard InChI is InChI=1S/C13H19N3O2.ClH/c17-13(18)3-6-15-7-9-16(10-8-15)11-12-1-4-14-5-2-12;/h1-2,4-5H,3,6-11H2,(H,17,18);1H. The summed E-state index contributed by atoms with van der Waals surface area (Å²) in [4.78, 5) is 19.1. The lowest BCUT2D eigenvalue weighted by atomic mass is 10.2. The van der Waals surface area contributed by atoms with Crippen LogP contribution in [0.4, 0.5) is 0 Å². The van der Waals surface area contributed by atoms with Gasteiger partial charge in [0.1, 0.15) is 0 Å². The molecule has 0 aliphatic carbocycles. The van der Waals surface area contributed by atoms with Gasteiger partial charge in [-0.25, -0.2) is 0 Å². The minimum absolute atomic E-state index is 0. The zero-order valence-electron chi connectivity index (χ0n) is 10.9. The van der Waals surface area contributed by atoms with E-state index in [1.807, 2.05) is 24.5 Å². The van der Waals surface area contributed by atoms with Crippen molar-refractivity contribution in [1.82, 2.24) is 14.8 Å². The van der Waals surface area contributed by atoms with Crippen LogP contribution in [-0.2, 0) is 11.3 Å². The van der Waals surface area contributed by atoms with Crippen LogP contribution >= 0.6 is 12.4 Å². The molecule has 0 unspecified atom stereocenters. The van der Waals surface area contributed by atoms with Crippen molar-refractivity contribution in [3.05, 3.63) is 30.1 Å². The number of aromatic nitrogens is 1. The lowest BCUT2D eigenvalue weighted by Crippen LogP contribution is -2.46. The number of pyridine rings is 1. The van der Waals surface area contributed by atoms with E-state index in [0.717, 1.165) is 32.7 Å². The third-order valence-corrected chi connectivity index (χ3v) is 3.26. The normalized spacial score (nSPS) is 16.8. The molecule has 0 aromatic carbocycles. The maximum absolute atomic E-state index is 10.5. The first kappa shape index (κ1) is 15.9. The highest BCUT2D eigenvalue weighted by Crippen LogP contribution is 2.07. The van der Waals surface area contributed by atoms with Crippen molar-refractivity contribution in [1.29, 1.82) is 0 Å². The summed E-state index contributed by atoms with van der Waals surface area (Å²) in [7, 11) is 0. The van der Waals surface area contributed by atoms with Crippen molar-refractivity contribution in [2.24, 2.45) is 0 Å². The highest BCUT2D eigenvalue weighted by molar-refractivity contribution is 5.85. The smallest absolute Gasteiger partial charge is 0.304 e. The predicted octanol–water partition coefficient (Wildman–Crippen LogP) is 1.10. The van der Waals surface area contributed by atoms with Crippen LogP contribution in [0.1, 0.15) is 12.0 Å². The Balaban J connectivity index is 0.00000180. The van der Waals surface area contributed by atoms with Crippen molar-refractivity contribution in [3.63, 3.8) is 0 Å². The van der Waals surface area contributed by atoms with E-state index in [1.54, 1.807) is 0 Å². The summed E-state index contributed by atoms with van der Waals surface area (Å²) in [5.74, 6) is -0.714. The van der Waals surface area contributed by atoms with Gasteiger partial charge in [0, 0.05) is 51.7 Å². The minimum atomic E-state index is -0.714. The van der Waals surface area contributed by atoms with Gasteiger partial charge in [-0.15, -0.1) is 12.4 Å². The first-order valence-electron chi connectivity index (χ1n) is 6.29. The van der Waals surface area contributed by atoms with E-state index in [2.05, 4.69) is 14.8 Å². The summed E-state index contributed by atoms with van der Waals surface area (Å²) in [5, 5.41) is 8.65. The summed E-state index contributed by atoms with van der Waals surface area (Å²) in [6.07, 6.45) is 3.88. The summed E-state index contributed by atoms with van der Waals surface area (Å²) < 4.78 is 0. The second-order valence-electron chi connectivity index (χ2n) is 4.62. The van der Waals surface area contributed by atoms with E-state index in [1.165, 1.54) is 5.56 Å². The molecule has 2 rings (SSSR count). The number of halogens is 1. The molecule has 19 heavy (non-hydrogen) atoms. The highest BCUT2D eigenvalue weighted by atomic mass is 35.5. The molecule has 106 valence electrons. The zero-order valence-corrected chi connectivity index (χ0v) is 11.7. The Kier molecular flexibility index (Phi) is 6.77. The van der Waals surface area contributed by atoms with E-state index in [9.17, 15) is 4.79 Å². The monoisotopic (exact) mass is 285 g/mol. The molecule has 2 heterocycles. The quantitative estimate of drug-likeness (QED) is 0.878. The number of carboxylic acids is 1. The Morgan fingerprint density at radius 1 is 1.16 bits per heavy atom. The topological polar surface area (TPSA) is 56.7 Å². The van der Waals surface area contributed by atoms with Crippen LogP contribution in [0, 0.1) is 0 Å². The fourth-order valence-electron chi connectivity index (χ4n) is 2.17. The number of piperazine rings is 1. The molecule has 6 heteroatoms. The first-order chi connectivity index (χ1) is 8.74. The average Bonchev–Trinajstić information content (AvgIpc) is 2.39. The van der Waals surface area contributed by atoms with Gasteiger partial charge in [0.2, 0.25) is 0 Å². The summed E-state index contributed by atoms with van der Waals surface area (Å²) in [6, 6.07) is 4.08. The highest BCUT2D eigenvalue weighted by Gasteiger charge is 2.17. The van der Waals surface area contributed by atoms with Crippen LogP contribution in [-0.4, -0.2) is 58.6 Å². The van der Waals surface area contributed by atoms with Crippen molar-refractivity contribution in [3.8, 4) is 0 Å². The van der Waals surface area contributed by atoms with Crippen LogP contribution in [0.3, 0.4) is 0 Å². The predicted molar refractivity (Wildman–Crippen MR) is 75.5 cm³/mol. The van der Waals surface area contributed by atoms with Gasteiger partial charge in [0.15, 0.2) is 0 Å². The van der Waals surface area contributed by atoms with Gasteiger partial charge in [-0.3, -0.25) is 14.7 Å². The number of hydrogen-bond donors (Lipinski definition) is 1. The molecule has 0 amide bonds. The second-order valence-corrected chi connectivity index (χ2v) is 4.62. The molecule has 1 saturated heterocycles. The molecule has 1 aromatic rings. The lowest BCUT2D eigenvalue weighted by Gasteiger charge is -2.34. The van der Waals surface area contributed by atoms with Crippen LogP contribution in [0.5, 0.6) is 0 Å². The molecule has 0 saturated carbocycles. The molecule has 1 aliphatic rings. The maximum Gasteiger partial charge on any atom is 0.304 e. The summed E-state index contributed by atoms with van der Waals surface area (Å²) in [6.45, 7) is 5.54. The van der Waals surface area contributed by atoms with Crippen molar-refractivity contribution in [2.75, 3.05) is 32.7 Å². The third kappa shape index (κ3) is 5.55. The van der Waals surface area contributed by atoms with Gasteiger partial charge in [-0.2, -0.15) is 0 Å². The molecule has 1 aromatic heterocycles. The Bertz CT molecular complexity index is 381. The molecular weight excluding hydrogens is 266 g/mol. The number of carbonyl (C=O) groups is 1. The molecule has 0 radical (unpaired) electrons. The van der Waals surface area contributed by atoms with Gasteiger partial charge in [-0.1, -0.05) is 0 Å². The van der Waals surface area contributed by atoms with Crippen molar-refractivity contribution in [2.45, 2.75) is 13.0 Å². The van der Waals surface area contributed by atoms with Gasteiger partial charge in [0.05, 0.1) is 6.42 Å². The molecular formula is C13H20ClN3O2. The molecule has 0 bridgehead atoms. The fourth-order valence-corrected chi connectivity index (χ4v) is 2.17. The number of aliphatic carboxylic acids is 1. The van der Waals surface area contributed by atoms with Crippen LogP contribution < -0.4 is 0 Å². The summed E-state index contributed by atoms with van der Waals surface area (Å²) >= 11 is 0. The zero-order chi connectivity index (χ0) is 12.8. The van der Waals surface area contributed by atoms with E-state index >= 15 is 0 Å². The third-order valence-electron chi connectivity index (χ3n) is 3.26. The van der Waals surface area contributed by atoms with Gasteiger partial charge >= 0.3 is 5.97 Å². The largest absolute Gasteiger partial charge is 0.481 e. The van der Waals surface area contributed by atoms with E-state index in [0.29, 0.717) is 6.54 Å². The molecule has 0 spiro atoms. The number of rotatable bonds is 5. The Labute approximate surface area is 119 Å². The number of hydrogen-bond acceptors (Lipinski definition) is 4. The Morgan fingerprint density at radius 2 is 1.74 bits per heavy atom. The van der Waals surface area contributed by atoms with Crippen molar-refractivity contribution >= 4 is 18.4 Å². The maximum atomic E-state index is 10.5. The van der Waals surface area contributed by atoms with E-state index in [4.69, 9.17) is 5.11 Å². The van der Waals surface area contributed by atoms with Crippen LogP contribution in [0.2, 0.25) is 0 Å². The second kappa shape index (κ2) is 8.09. The van der Waals surface area contributed by atoms with Crippen LogP contribution in [0.25, 0.3) is 0 Å². The first-order valence-corrected chi connectivity index (χ1v) is 6.29. The van der Waals surface area contributed by atoms with Gasteiger partial charge < -0.3 is 10.0 Å². The van der Waals surface area contributed by atoms with Crippen LogP contribution in [0.15, 0.2) is 24.5 Å². The lowest BCUT2D eigenvalue weighted by molar-refractivity contribution is -0.137. The number of nitrogens with zero attached hydrogens (tertiary/aromatic N) is 3. The SMILES string of the molecule is Cl.O=C(O)CCN1CCN(Cc2ccncc2)CC1. The molecule has 0 atom stereocenters. The van der Waals surface area contributed by atoms with E-state index in [-0.39, 0.29) is 18.8 Å². The van der Waals surface area contributed by atoms with Gasteiger partial charge in [0.25, 0.3) is 0 Å². The fraction of sp³-hybridized carbons (Fsp3) is 0.538. The molecule has 1 aliphatic heterocycles. The molecule has 1 N–H and O–H groups in total. The average molecular weight is 286 g/mol. The van der Waals surface area contributed by atoms with E-state index < -0.39 is 5.97 Å². The minimum Gasteiger partial charge on any atom is -0.481 e. The Hall–Kier alpha value is -1.17. The number of carboxylic acid groups (broad SMARTS) is 1. The molecule has 1 fully saturated rings.